The first-order valence-corrected chi connectivity index (χ1v) is 6.89. The summed E-state index contributed by atoms with van der Waals surface area (Å²) in [4.78, 5) is 12.1. The summed E-state index contributed by atoms with van der Waals surface area (Å²) in [5.41, 5.74) is 0.843. The van der Waals surface area contributed by atoms with Gasteiger partial charge in [0.15, 0.2) is 0 Å². The number of rotatable bonds is 1. The van der Waals surface area contributed by atoms with Gasteiger partial charge in [0.1, 0.15) is 0 Å². The van der Waals surface area contributed by atoms with Gasteiger partial charge >= 0.3 is 0 Å². The van der Waals surface area contributed by atoms with Gasteiger partial charge in [-0.3, -0.25) is 9.89 Å². The zero-order valence-corrected chi connectivity index (χ0v) is 11.6. The molecule has 2 N–H and O–H groups in total. The van der Waals surface area contributed by atoms with Crippen molar-refractivity contribution in [3.8, 4) is 0 Å². The molecule has 1 fully saturated rings. The number of aliphatic hydroxyl groups is 1. The first-order valence-electron chi connectivity index (χ1n) is 6.89. The molecule has 1 aliphatic rings. The molecular formula is C14H24N2O2. The summed E-state index contributed by atoms with van der Waals surface area (Å²) < 4.78 is 1.64. The van der Waals surface area contributed by atoms with E-state index in [4.69, 9.17) is 0 Å². The monoisotopic (exact) mass is 252 g/mol. The lowest BCUT2D eigenvalue weighted by atomic mass is 9.93. The molecule has 2 rings (SSSR count). The molecule has 0 saturated heterocycles. The number of aromatic nitrogens is 2. The van der Waals surface area contributed by atoms with Crippen LogP contribution in [0.4, 0.5) is 0 Å². The van der Waals surface area contributed by atoms with Crippen molar-refractivity contribution < 1.29 is 5.11 Å². The van der Waals surface area contributed by atoms with Gasteiger partial charge in [-0.1, -0.05) is 40.0 Å². The Hall–Kier alpha value is -1.03. The molecule has 4 nitrogen and oxygen atoms in total. The van der Waals surface area contributed by atoms with Crippen molar-refractivity contribution in [3.05, 3.63) is 22.1 Å². The number of nitrogens with one attached hydrogen (secondary N) is 1. The van der Waals surface area contributed by atoms with Crippen LogP contribution >= 0.6 is 0 Å². The normalized spacial score (nSPS) is 26.0. The number of nitrogens with zero attached hydrogens (tertiary/aromatic N) is 1. The van der Waals surface area contributed by atoms with Crippen LogP contribution in [0.25, 0.3) is 0 Å². The molecule has 1 aromatic heterocycles. The Labute approximate surface area is 108 Å². The third-order valence-electron chi connectivity index (χ3n) is 3.83. The fraction of sp³-hybridized carbons (Fsp3) is 0.786. The molecule has 0 amide bonds. The second-order valence-electron chi connectivity index (χ2n) is 6.40. The molecule has 4 heteroatoms. The van der Waals surface area contributed by atoms with E-state index in [1.807, 2.05) is 0 Å². The Kier molecular flexibility index (Phi) is 3.66. The Balaban J connectivity index is 2.32. The van der Waals surface area contributed by atoms with Gasteiger partial charge in [0.05, 0.1) is 12.1 Å². The van der Waals surface area contributed by atoms with E-state index in [0.29, 0.717) is 0 Å². The molecule has 0 aliphatic heterocycles. The van der Waals surface area contributed by atoms with Crippen LogP contribution in [0.3, 0.4) is 0 Å². The molecule has 18 heavy (non-hydrogen) atoms. The molecule has 102 valence electrons. The van der Waals surface area contributed by atoms with Gasteiger partial charge < -0.3 is 5.11 Å². The van der Waals surface area contributed by atoms with Crippen molar-refractivity contribution in [2.24, 2.45) is 0 Å². The molecule has 0 spiro atoms. The van der Waals surface area contributed by atoms with Crippen LogP contribution in [-0.4, -0.2) is 21.0 Å². The minimum atomic E-state index is -0.406. The van der Waals surface area contributed by atoms with Crippen molar-refractivity contribution in [1.82, 2.24) is 9.78 Å². The third kappa shape index (κ3) is 2.69. The zero-order valence-electron chi connectivity index (χ0n) is 11.6. The molecule has 1 saturated carbocycles. The SMILES string of the molecule is CC(C)(C)c1cc(=O)n(C2CCCCCC2O)[nH]1. The van der Waals surface area contributed by atoms with E-state index in [9.17, 15) is 9.90 Å². The highest BCUT2D eigenvalue weighted by molar-refractivity contribution is 5.11. The average Bonchev–Trinajstić information content (AvgIpc) is 2.52. The lowest BCUT2D eigenvalue weighted by molar-refractivity contribution is 0.0969. The molecule has 1 heterocycles. The van der Waals surface area contributed by atoms with E-state index in [0.717, 1.165) is 37.8 Å². The van der Waals surface area contributed by atoms with Gasteiger partial charge in [-0.15, -0.1) is 0 Å². The first-order chi connectivity index (χ1) is 8.39. The minimum Gasteiger partial charge on any atom is -0.391 e. The second kappa shape index (κ2) is 4.92. The van der Waals surface area contributed by atoms with Crippen LogP contribution in [-0.2, 0) is 5.41 Å². The fourth-order valence-corrected chi connectivity index (χ4v) is 2.61. The van der Waals surface area contributed by atoms with Crippen LogP contribution in [0.15, 0.2) is 10.9 Å². The van der Waals surface area contributed by atoms with E-state index in [-0.39, 0.29) is 17.0 Å². The average molecular weight is 252 g/mol. The van der Waals surface area contributed by atoms with Gasteiger partial charge in [0, 0.05) is 17.2 Å². The predicted molar refractivity (Wildman–Crippen MR) is 71.9 cm³/mol. The topological polar surface area (TPSA) is 58.0 Å². The van der Waals surface area contributed by atoms with Gasteiger partial charge in [-0.05, 0) is 12.8 Å². The van der Waals surface area contributed by atoms with E-state index in [1.165, 1.54) is 0 Å². The van der Waals surface area contributed by atoms with Crippen molar-refractivity contribution in [2.75, 3.05) is 0 Å². The lowest BCUT2D eigenvalue weighted by Gasteiger charge is -2.22. The largest absolute Gasteiger partial charge is 0.391 e. The smallest absolute Gasteiger partial charge is 0.267 e. The van der Waals surface area contributed by atoms with E-state index < -0.39 is 6.10 Å². The summed E-state index contributed by atoms with van der Waals surface area (Å²) in [6, 6.07) is 1.58. The fourth-order valence-electron chi connectivity index (χ4n) is 2.61. The number of hydrogen-bond acceptors (Lipinski definition) is 2. The van der Waals surface area contributed by atoms with Gasteiger partial charge in [0.25, 0.3) is 5.56 Å². The highest BCUT2D eigenvalue weighted by Crippen LogP contribution is 2.27. The quantitative estimate of drug-likeness (QED) is 0.754. The Morgan fingerprint density at radius 3 is 2.56 bits per heavy atom. The maximum Gasteiger partial charge on any atom is 0.267 e. The Morgan fingerprint density at radius 2 is 1.94 bits per heavy atom. The maximum atomic E-state index is 12.1. The lowest BCUT2D eigenvalue weighted by Crippen LogP contribution is -2.30. The Morgan fingerprint density at radius 1 is 1.28 bits per heavy atom. The molecular weight excluding hydrogens is 228 g/mol. The Bertz CT molecular complexity index is 453. The highest BCUT2D eigenvalue weighted by atomic mass is 16.3. The predicted octanol–water partition coefficient (Wildman–Crippen LogP) is 2.34. The van der Waals surface area contributed by atoms with Crippen molar-refractivity contribution in [1.29, 1.82) is 0 Å². The second-order valence-corrected chi connectivity index (χ2v) is 6.40. The summed E-state index contributed by atoms with van der Waals surface area (Å²) in [5.74, 6) is 0. The molecule has 0 bridgehead atoms. The summed E-state index contributed by atoms with van der Waals surface area (Å²) in [5, 5.41) is 13.4. The standard InChI is InChI=1S/C14H24N2O2/c1-14(2,3)12-9-13(18)16(15-12)10-7-5-4-6-8-11(10)17/h9-11,15,17H,4-8H2,1-3H3. The zero-order chi connectivity index (χ0) is 13.3. The van der Waals surface area contributed by atoms with E-state index >= 15 is 0 Å². The molecule has 2 atom stereocenters. The van der Waals surface area contributed by atoms with Gasteiger partial charge in [-0.2, -0.15) is 0 Å². The number of H-pyrrole nitrogens is 1. The van der Waals surface area contributed by atoms with Gasteiger partial charge in [-0.25, -0.2) is 4.68 Å². The van der Waals surface area contributed by atoms with Crippen molar-refractivity contribution in [2.45, 2.75) is 70.4 Å². The van der Waals surface area contributed by atoms with E-state index in [2.05, 4.69) is 25.9 Å². The third-order valence-corrected chi connectivity index (χ3v) is 3.83. The number of aliphatic hydroxyl groups excluding tert-OH is 1. The number of aromatic amines is 1. The van der Waals surface area contributed by atoms with Crippen molar-refractivity contribution >= 4 is 0 Å². The van der Waals surface area contributed by atoms with Crippen molar-refractivity contribution in [3.63, 3.8) is 0 Å². The first kappa shape index (κ1) is 13.4. The number of hydrogen-bond donors (Lipinski definition) is 2. The molecule has 0 aromatic carbocycles. The van der Waals surface area contributed by atoms with Crippen LogP contribution < -0.4 is 5.56 Å². The molecule has 2 unspecified atom stereocenters. The summed E-state index contributed by atoms with van der Waals surface area (Å²) in [6.45, 7) is 6.23. The molecule has 0 radical (unpaired) electrons. The summed E-state index contributed by atoms with van der Waals surface area (Å²) >= 11 is 0. The van der Waals surface area contributed by atoms with Gasteiger partial charge in [0.2, 0.25) is 0 Å². The van der Waals surface area contributed by atoms with Crippen LogP contribution in [0.5, 0.6) is 0 Å². The molecule has 1 aliphatic carbocycles. The van der Waals surface area contributed by atoms with Crippen LogP contribution in [0.1, 0.15) is 64.6 Å². The summed E-state index contributed by atoms with van der Waals surface area (Å²) in [7, 11) is 0. The maximum absolute atomic E-state index is 12.1. The minimum absolute atomic E-state index is 0.0223. The van der Waals surface area contributed by atoms with Crippen LogP contribution in [0, 0.1) is 0 Å². The summed E-state index contributed by atoms with van der Waals surface area (Å²) in [6.07, 6.45) is 4.55. The van der Waals surface area contributed by atoms with E-state index in [1.54, 1.807) is 10.7 Å². The highest BCUT2D eigenvalue weighted by Gasteiger charge is 2.27. The molecule has 1 aromatic rings. The van der Waals surface area contributed by atoms with Crippen LogP contribution in [0.2, 0.25) is 0 Å².